The summed E-state index contributed by atoms with van der Waals surface area (Å²) < 4.78 is 4.77. The van der Waals surface area contributed by atoms with Crippen LogP contribution in [0.3, 0.4) is 0 Å². The molecule has 0 saturated heterocycles. The van der Waals surface area contributed by atoms with Crippen LogP contribution in [0, 0.1) is 0 Å². The Morgan fingerprint density at radius 2 is 0.694 bits per heavy atom. The van der Waals surface area contributed by atoms with Gasteiger partial charge in [-0.05, 0) is 120 Å². The molecule has 0 unspecified atom stereocenters. The highest BCUT2D eigenvalue weighted by atomic mass is 15.2. The van der Waals surface area contributed by atoms with Gasteiger partial charge in [0, 0.05) is 72.2 Å². The van der Waals surface area contributed by atoms with Crippen molar-refractivity contribution in [1.82, 2.24) is 14.1 Å². The van der Waals surface area contributed by atoms with E-state index in [9.17, 15) is 0 Å². The van der Waals surface area contributed by atoms with Crippen molar-refractivity contribution in [1.29, 1.82) is 0 Å². The van der Waals surface area contributed by atoms with Crippen LogP contribution in [0.1, 0.15) is 0 Å². The minimum absolute atomic E-state index is 0.877. The second-order valence-electron chi connectivity index (χ2n) is 18.3. The molecule has 0 spiro atoms. The van der Waals surface area contributed by atoms with E-state index in [0.717, 1.165) is 101 Å². The first kappa shape index (κ1) is 41.3. The number of benzene rings is 12. The Labute approximate surface area is 417 Å². The van der Waals surface area contributed by atoms with E-state index in [1.165, 1.54) is 21.5 Å². The molecular formula is C67H45N5. The first-order chi connectivity index (χ1) is 35.8. The van der Waals surface area contributed by atoms with Crippen LogP contribution in [-0.2, 0) is 0 Å². The van der Waals surface area contributed by atoms with Gasteiger partial charge in [-0.15, -0.1) is 0 Å². The molecule has 2 heterocycles. The predicted octanol–water partition coefficient (Wildman–Crippen LogP) is 18.1. The Hall–Kier alpha value is -9.71. The van der Waals surface area contributed by atoms with Crippen molar-refractivity contribution in [2.24, 2.45) is 0 Å². The molecule has 338 valence electrons. The summed E-state index contributed by atoms with van der Waals surface area (Å²) in [5.41, 5.74) is 15.0. The molecule has 2 aromatic heterocycles. The van der Waals surface area contributed by atoms with E-state index in [0.29, 0.717) is 0 Å². The number of fused-ring (bicyclic) bond motifs is 2. The molecule has 5 nitrogen and oxygen atoms in total. The average Bonchev–Trinajstić information content (AvgIpc) is 4.04. The van der Waals surface area contributed by atoms with Crippen molar-refractivity contribution in [3.63, 3.8) is 0 Å². The van der Waals surface area contributed by atoms with Crippen LogP contribution < -0.4 is 9.80 Å². The number of hydrogen-bond acceptors (Lipinski definition) is 3. The van der Waals surface area contributed by atoms with Crippen molar-refractivity contribution in [3.05, 3.63) is 273 Å². The van der Waals surface area contributed by atoms with Gasteiger partial charge >= 0.3 is 0 Å². The molecule has 72 heavy (non-hydrogen) atoms. The van der Waals surface area contributed by atoms with Gasteiger partial charge in [0.2, 0.25) is 0 Å². The molecule has 14 aromatic rings. The molecule has 0 aliphatic carbocycles. The van der Waals surface area contributed by atoms with Gasteiger partial charge in [-0.1, -0.05) is 164 Å². The molecule has 0 fully saturated rings. The maximum atomic E-state index is 5.58. The zero-order valence-corrected chi connectivity index (χ0v) is 39.2. The second kappa shape index (κ2) is 17.1. The van der Waals surface area contributed by atoms with Crippen molar-refractivity contribution < 1.29 is 0 Å². The summed E-state index contributed by atoms with van der Waals surface area (Å²) in [6.45, 7) is 0. The lowest BCUT2D eigenvalue weighted by Gasteiger charge is -2.31. The van der Waals surface area contributed by atoms with E-state index >= 15 is 0 Å². The lowest BCUT2D eigenvalue weighted by Crippen LogP contribution is -2.12. The molecule has 0 bridgehead atoms. The summed E-state index contributed by atoms with van der Waals surface area (Å²) in [7, 11) is 0. The fourth-order valence-electron chi connectivity index (χ4n) is 11.1. The molecule has 0 saturated carbocycles. The highest BCUT2D eigenvalue weighted by molar-refractivity contribution is 6.32. The topological polar surface area (TPSA) is 29.2 Å². The Bertz CT molecular complexity index is 3890. The van der Waals surface area contributed by atoms with Gasteiger partial charge < -0.3 is 14.4 Å². The number of para-hydroxylation sites is 9. The second-order valence-corrected chi connectivity index (χ2v) is 18.3. The number of rotatable bonds is 10. The van der Waals surface area contributed by atoms with Crippen LogP contribution in [0.5, 0.6) is 0 Å². The maximum Gasteiger partial charge on any atom is 0.146 e. The third-order valence-corrected chi connectivity index (χ3v) is 14.2. The minimum Gasteiger partial charge on any atom is -0.310 e. The monoisotopic (exact) mass is 919 g/mol. The van der Waals surface area contributed by atoms with Gasteiger partial charge in [-0.25, -0.2) is 4.98 Å². The third kappa shape index (κ3) is 6.67. The van der Waals surface area contributed by atoms with Gasteiger partial charge in [0.25, 0.3) is 0 Å². The van der Waals surface area contributed by atoms with Crippen LogP contribution in [0.15, 0.2) is 273 Å². The normalized spacial score (nSPS) is 11.6. The summed E-state index contributed by atoms with van der Waals surface area (Å²) >= 11 is 0. The zero-order valence-electron chi connectivity index (χ0n) is 39.2. The van der Waals surface area contributed by atoms with Gasteiger partial charge in [-0.3, -0.25) is 4.57 Å². The first-order valence-electron chi connectivity index (χ1n) is 24.6. The van der Waals surface area contributed by atoms with E-state index in [4.69, 9.17) is 4.98 Å². The van der Waals surface area contributed by atoms with E-state index in [1.54, 1.807) is 0 Å². The Morgan fingerprint density at radius 1 is 0.306 bits per heavy atom. The van der Waals surface area contributed by atoms with Crippen LogP contribution in [0.2, 0.25) is 0 Å². The number of hydrogen-bond donors (Lipinski definition) is 0. The standard InChI is InChI=1S/C67H45N5/c1-7-24-47(25-8-1)69(48-26-9-2-10-27-48)63-44-57(62-43-46-23-19-21-37-60(46)71(62)51-32-15-5-16-33-51)53-39-41-56-64(70(49-28-11-3-12-29-49)50-30-13-4-14-31-50)45-58(54-40-42-55(63)65(53)66(54)56)67-68-59-36-20-22-38-61(59)72(67)52-34-17-6-18-35-52/h1-45H. The van der Waals surface area contributed by atoms with Gasteiger partial charge in [-0.2, -0.15) is 0 Å². The summed E-state index contributed by atoms with van der Waals surface area (Å²) in [6, 6.07) is 98.5. The molecule has 12 aromatic carbocycles. The quantitative estimate of drug-likeness (QED) is 0.128. The molecule has 0 N–H and O–H groups in total. The maximum absolute atomic E-state index is 5.58. The number of nitrogens with zero attached hydrogens (tertiary/aromatic N) is 5. The Kier molecular flexibility index (Phi) is 9.78. The van der Waals surface area contributed by atoms with Crippen molar-refractivity contribution in [3.8, 4) is 34.0 Å². The molecule has 0 amide bonds. The molecule has 0 aliphatic heterocycles. The van der Waals surface area contributed by atoms with Crippen LogP contribution in [0.25, 0.3) is 88.3 Å². The van der Waals surface area contributed by atoms with Crippen molar-refractivity contribution in [2.45, 2.75) is 0 Å². The van der Waals surface area contributed by atoms with Crippen molar-refractivity contribution in [2.75, 3.05) is 9.80 Å². The lowest BCUT2D eigenvalue weighted by molar-refractivity contribution is 1.10. The summed E-state index contributed by atoms with van der Waals surface area (Å²) in [6.07, 6.45) is 0. The van der Waals surface area contributed by atoms with E-state index in [-0.39, 0.29) is 0 Å². The molecule has 0 aliphatic rings. The molecular weight excluding hydrogens is 875 g/mol. The summed E-state index contributed by atoms with van der Waals surface area (Å²) in [4.78, 5) is 10.4. The van der Waals surface area contributed by atoms with Crippen molar-refractivity contribution >= 4 is 88.4 Å². The minimum atomic E-state index is 0.877. The van der Waals surface area contributed by atoms with Crippen LogP contribution >= 0.6 is 0 Å². The highest BCUT2D eigenvalue weighted by Gasteiger charge is 2.28. The summed E-state index contributed by atoms with van der Waals surface area (Å²) in [5, 5.41) is 8.11. The SMILES string of the molecule is c1ccc(N(c2ccccc2)c2cc(-c3cc4ccccc4n3-c3ccccc3)c3ccc4c(N(c5ccccc5)c5ccccc5)cc(-c5nc6ccccc6n5-c5ccccc5)c5ccc2c3c54)cc1. The van der Waals surface area contributed by atoms with E-state index in [1.807, 2.05) is 0 Å². The lowest BCUT2D eigenvalue weighted by atomic mass is 9.86. The Balaban J connectivity index is 1.19. The van der Waals surface area contributed by atoms with Gasteiger partial charge in [0.05, 0.1) is 33.6 Å². The number of aromatic nitrogens is 3. The highest BCUT2D eigenvalue weighted by Crippen LogP contribution is 2.53. The fraction of sp³-hybridized carbons (Fsp3) is 0. The largest absolute Gasteiger partial charge is 0.310 e. The average molecular weight is 920 g/mol. The van der Waals surface area contributed by atoms with Gasteiger partial charge in [0.15, 0.2) is 0 Å². The van der Waals surface area contributed by atoms with Crippen LogP contribution in [0.4, 0.5) is 34.1 Å². The first-order valence-corrected chi connectivity index (χ1v) is 24.6. The molecule has 14 rings (SSSR count). The predicted molar refractivity (Wildman–Crippen MR) is 302 cm³/mol. The summed E-state index contributed by atoms with van der Waals surface area (Å²) in [5.74, 6) is 0.877. The van der Waals surface area contributed by atoms with E-state index < -0.39 is 0 Å². The van der Waals surface area contributed by atoms with E-state index in [2.05, 4.69) is 292 Å². The van der Waals surface area contributed by atoms with Gasteiger partial charge in [0.1, 0.15) is 5.82 Å². The fourth-order valence-corrected chi connectivity index (χ4v) is 11.1. The Morgan fingerprint density at radius 3 is 1.21 bits per heavy atom. The smallest absolute Gasteiger partial charge is 0.146 e. The third-order valence-electron chi connectivity index (χ3n) is 14.2. The molecule has 5 heteroatoms. The molecule has 0 radical (unpaired) electrons. The number of anilines is 6. The van der Waals surface area contributed by atoms with Crippen LogP contribution in [-0.4, -0.2) is 14.1 Å². The molecule has 0 atom stereocenters. The zero-order chi connectivity index (χ0) is 47.5. The number of imidazole rings is 1.